The van der Waals surface area contributed by atoms with E-state index in [0.29, 0.717) is 10.6 Å². The molecular formula is C10H11ClO3. The van der Waals surface area contributed by atoms with Crippen LogP contribution in [0.15, 0.2) is 24.3 Å². The van der Waals surface area contributed by atoms with Gasteiger partial charge in [-0.2, -0.15) is 0 Å². The molecule has 0 aromatic heterocycles. The average Bonchev–Trinajstić information content (AvgIpc) is 2.02. The second-order valence-electron chi connectivity index (χ2n) is 3.32. The lowest BCUT2D eigenvalue weighted by Gasteiger charge is -2.22. The van der Waals surface area contributed by atoms with Gasteiger partial charge in [0.05, 0.1) is 12.0 Å². The first-order valence-electron chi connectivity index (χ1n) is 4.12. The Labute approximate surface area is 86.9 Å². The molecule has 0 heterocycles. The highest BCUT2D eigenvalue weighted by Crippen LogP contribution is 2.30. The highest BCUT2D eigenvalue weighted by Gasteiger charge is 2.28. The lowest BCUT2D eigenvalue weighted by molar-refractivity contribution is -0.142. The normalized spacial score (nSPS) is 14.8. The van der Waals surface area contributed by atoms with Crippen LogP contribution in [0.2, 0.25) is 5.02 Å². The summed E-state index contributed by atoms with van der Waals surface area (Å²) in [6.07, 6.45) is -0.364. The zero-order valence-corrected chi connectivity index (χ0v) is 8.45. The molecule has 14 heavy (non-hydrogen) atoms. The van der Waals surface area contributed by atoms with E-state index in [1.54, 1.807) is 24.3 Å². The zero-order valence-electron chi connectivity index (χ0n) is 7.70. The van der Waals surface area contributed by atoms with Crippen LogP contribution >= 0.6 is 11.6 Å². The number of carboxylic acids is 1. The van der Waals surface area contributed by atoms with Crippen molar-refractivity contribution in [1.82, 2.24) is 0 Å². The minimum atomic E-state index is -1.43. The third-order valence-electron chi connectivity index (χ3n) is 1.95. The molecule has 0 bridgehead atoms. The molecule has 0 spiro atoms. The van der Waals surface area contributed by atoms with Crippen molar-refractivity contribution in [1.29, 1.82) is 0 Å². The minimum Gasteiger partial charge on any atom is -0.481 e. The van der Waals surface area contributed by atoms with Crippen molar-refractivity contribution in [2.24, 2.45) is 0 Å². The van der Waals surface area contributed by atoms with Crippen molar-refractivity contribution < 1.29 is 15.0 Å². The fraction of sp³-hybridized carbons (Fsp3) is 0.300. The summed E-state index contributed by atoms with van der Waals surface area (Å²) in [6.45, 7) is 1.43. The first-order valence-corrected chi connectivity index (χ1v) is 4.50. The van der Waals surface area contributed by atoms with Crippen molar-refractivity contribution in [3.63, 3.8) is 0 Å². The largest absolute Gasteiger partial charge is 0.481 e. The molecule has 1 atom stereocenters. The lowest BCUT2D eigenvalue weighted by atomic mass is 9.93. The molecule has 0 amide bonds. The van der Waals surface area contributed by atoms with E-state index in [2.05, 4.69) is 0 Å². The fourth-order valence-electron chi connectivity index (χ4n) is 1.29. The third kappa shape index (κ3) is 2.47. The van der Waals surface area contributed by atoms with Gasteiger partial charge in [0.15, 0.2) is 0 Å². The third-order valence-corrected chi connectivity index (χ3v) is 2.28. The van der Waals surface area contributed by atoms with Gasteiger partial charge >= 0.3 is 5.97 Å². The Morgan fingerprint density at radius 2 is 2.07 bits per heavy atom. The Bertz CT molecular complexity index is 347. The molecule has 1 aromatic rings. The fourth-order valence-corrected chi connectivity index (χ4v) is 1.63. The Kier molecular flexibility index (Phi) is 3.13. The quantitative estimate of drug-likeness (QED) is 0.810. The van der Waals surface area contributed by atoms with E-state index in [-0.39, 0.29) is 6.42 Å². The molecule has 1 aromatic carbocycles. The predicted molar refractivity (Wildman–Crippen MR) is 53.3 cm³/mol. The van der Waals surface area contributed by atoms with E-state index in [9.17, 15) is 9.90 Å². The molecule has 1 unspecified atom stereocenters. The molecule has 0 aliphatic heterocycles. The number of hydrogen-bond donors (Lipinski definition) is 2. The van der Waals surface area contributed by atoms with Gasteiger partial charge in [0, 0.05) is 10.6 Å². The van der Waals surface area contributed by atoms with Gasteiger partial charge in [-0.15, -0.1) is 0 Å². The van der Waals surface area contributed by atoms with Crippen molar-refractivity contribution >= 4 is 17.6 Å². The van der Waals surface area contributed by atoms with E-state index in [0.717, 1.165) is 0 Å². The molecule has 0 aliphatic carbocycles. The number of aliphatic hydroxyl groups is 1. The molecule has 0 saturated carbocycles. The summed E-state index contributed by atoms with van der Waals surface area (Å²) >= 11 is 5.84. The van der Waals surface area contributed by atoms with Gasteiger partial charge in [0.25, 0.3) is 0 Å². The standard InChI is InChI=1S/C10H11ClO3/c1-10(14,6-9(12)13)7-4-2-3-5-8(7)11/h2-5,14H,6H2,1H3,(H,12,13). The highest BCUT2D eigenvalue weighted by atomic mass is 35.5. The average molecular weight is 215 g/mol. The number of carbonyl (C=O) groups is 1. The van der Waals surface area contributed by atoms with Gasteiger partial charge in [0.2, 0.25) is 0 Å². The summed E-state index contributed by atoms with van der Waals surface area (Å²) in [7, 11) is 0. The second-order valence-corrected chi connectivity index (χ2v) is 3.73. The molecule has 0 saturated heterocycles. The van der Waals surface area contributed by atoms with Crippen molar-refractivity contribution in [3.05, 3.63) is 34.9 Å². The number of rotatable bonds is 3. The summed E-state index contributed by atoms with van der Waals surface area (Å²) in [5.41, 5.74) is -0.992. The Hall–Kier alpha value is -1.06. The van der Waals surface area contributed by atoms with E-state index < -0.39 is 11.6 Å². The topological polar surface area (TPSA) is 57.5 Å². The van der Waals surface area contributed by atoms with E-state index >= 15 is 0 Å². The first-order chi connectivity index (χ1) is 6.43. The monoisotopic (exact) mass is 214 g/mol. The van der Waals surface area contributed by atoms with Crippen molar-refractivity contribution in [2.75, 3.05) is 0 Å². The van der Waals surface area contributed by atoms with Crippen LogP contribution in [0.25, 0.3) is 0 Å². The Morgan fingerprint density at radius 3 is 2.57 bits per heavy atom. The molecule has 1 rings (SSSR count). The van der Waals surface area contributed by atoms with Crippen LogP contribution in [0.4, 0.5) is 0 Å². The summed E-state index contributed by atoms with van der Waals surface area (Å²) in [6, 6.07) is 6.67. The summed E-state index contributed by atoms with van der Waals surface area (Å²) in [5.74, 6) is -1.06. The summed E-state index contributed by atoms with van der Waals surface area (Å²) in [5, 5.41) is 18.8. The summed E-state index contributed by atoms with van der Waals surface area (Å²) in [4.78, 5) is 10.5. The van der Waals surface area contributed by atoms with Gasteiger partial charge in [-0.05, 0) is 13.0 Å². The first kappa shape index (κ1) is 11.0. The molecule has 0 aliphatic rings. The second kappa shape index (κ2) is 3.98. The Morgan fingerprint density at radius 1 is 1.50 bits per heavy atom. The van der Waals surface area contributed by atoms with Gasteiger partial charge in [-0.3, -0.25) is 4.79 Å². The van der Waals surface area contributed by atoms with Crippen LogP contribution in [0, 0.1) is 0 Å². The maximum absolute atomic E-state index is 10.5. The Balaban J connectivity index is 3.03. The molecule has 0 radical (unpaired) electrons. The van der Waals surface area contributed by atoms with Gasteiger partial charge in [-0.25, -0.2) is 0 Å². The van der Waals surface area contributed by atoms with E-state index in [1.165, 1.54) is 6.92 Å². The number of carboxylic acid groups (broad SMARTS) is 1. The van der Waals surface area contributed by atoms with Crippen LogP contribution in [-0.2, 0) is 10.4 Å². The smallest absolute Gasteiger partial charge is 0.306 e. The molecule has 2 N–H and O–H groups in total. The number of benzene rings is 1. The number of aliphatic carboxylic acids is 1. The maximum Gasteiger partial charge on any atom is 0.306 e. The van der Waals surface area contributed by atoms with E-state index in [1.807, 2.05) is 0 Å². The van der Waals surface area contributed by atoms with Crippen LogP contribution in [-0.4, -0.2) is 16.2 Å². The van der Waals surface area contributed by atoms with Gasteiger partial charge in [-0.1, -0.05) is 29.8 Å². The SMILES string of the molecule is CC(O)(CC(=O)O)c1ccccc1Cl. The molecule has 0 fully saturated rings. The summed E-state index contributed by atoms with van der Waals surface area (Å²) < 4.78 is 0. The molecular weight excluding hydrogens is 204 g/mol. The molecule has 3 nitrogen and oxygen atoms in total. The van der Waals surface area contributed by atoms with Crippen LogP contribution < -0.4 is 0 Å². The van der Waals surface area contributed by atoms with Crippen LogP contribution in [0.3, 0.4) is 0 Å². The van der Waals surface area contributed by atoms with Crippen molar-refractivity contribution in [2.45, 2.75) is 18.9 Å². The van der Waals surface area contributed by atoms with Crippen LogP contribution in [0.1, 0.15) is 18.9 Å². The predicted octanol–water partition coefficient (Wildman–Crippen LogP) is 2.02. The zero-order chi connectivity index (χ0) is 10.8. The lowest BCUT2D eigenvalue weighted by Crippen LogP contribution is -2.25. The van der Waals surface area contributed by atoms with Crippen LogP contribution in [0.5, 0.6) is 0 Å². The number of hydrogen-bond acceptors (Lipinski definition) is 2. The van der Waals surface area contributed by atoms with Gasteiger partial charge in [0.1, 0.15) is 0 Å². The van der Waals surface area contributed by atoms with Gasteiger partial charge < -0.3 is 10.2 Å². The minimum absolute atomic E-state index is 0.364. The number of halogens is 1. The molecule has 4 heteroatoms. The highest BCUT2D eigenvalue weighted by molar-refractivity contribution is 6.31. The van der Waals surface area contributed by atoms with Crippen molar-refractivity contribution in [3.8, 4) is 0 Å². The van der Waals surface area contributed by atoms with E-state index in [4.69, 9.17) is 16.7 Å². The maximum atomic E-state index is 10.5. The molecule has 76 valence electrons.